The third-order valence-corrected chi connectivity index (χ3v) is 4.29. The fourth-order valence-electron chi connectivity index (χ4n) is 2.85. The maximum absolute atomic E-state index is 14.2. The predicted molar refractivity (Wildman–Crippen MR) is 95.2 cm³/mol. The Labute approximate surface area is 159 Å². The summed E-state index contributed by atoms with van der Waals surface area (Å²) in [7, 11) is 0. The number of rotatable bonds is 6. The number of allylic oxidation sites excluding steroid dienone is 3. The van der Waals surface area contributed by atoms with Gasteiger partial charge in [0, 0.05) is 24.3 Å². The Hall–Kier alpha value is -3.16. The summed E-state index contributed by atoms with van der Waals surface area (Å²) in [5, 5.41) is 8.66. The minimum absolute atomic E-state index is 0.0398. The van der Waals surface area contributed by atoms with Crippen LogP contribution in [0.4, 0.5) is 13.2 Å². The SMILES string of the molecule is O=C(O)CCC1C=CC(=COc2cncc(-c3ccccc3F)n2)CC1(F)F. The van der Waals surface area contributed by atoms with Crippen molar-refractivity contribution in [3.63, 3.8) is 0 Å². The smallest absolute Gasteiger partial charge is 0.303 e. The van der Waals surface area contributed by atoms with E-state index in [2.05, 4.69) is 9.97 Å². The van der Waals surface area contributed by atoms with Crippen LogP contribution in [0, 0.1) is 11.7 Å². The summed E-state index contributed by atoms with van der Waals surface area (Å²) < 4.78 is 47.6. The Balaban J connectivity index is 1.72. The van der Waals surface area contributed by atoms with Gasteiger partial charge < -0.3 is 9.84 Å². The van der Waals surface area contributed by atoms with Gasteiger partial charge in [-0.2, -0.15) is 0 Å². The molecule has 5 nitrogen and oxygen atoms in total. The summed E-state index contributed by atoms with van der Waals surface area (Å²) in [5.41, 5.74) is 0.736. The van der Waals surface area contributed by atoms with Gasteiger partial charge in [-0.05, 0) is 24.1 Å². The van der Waals surface area contributed by atoms with Crippen molar-refractivity contribution < 1.29 is 27.8 Å². The zero-order valence-corrected chi connectivity index (χ0v) is 14.7. The van der Waals surface area contributed by atoms with Gasteiger partial charge in [-0.15, -0.1) is 0 Å². The van der Waals surface area contributed by atoms with Gasteiger partial charge >= 0.3 is 5.97 Å². The van der Waals surface area contributed by atoms with Gasteiger partial charge in [-0.1, -0.05) is 24.3 Å². The van der Waals surface area contributed by atoms with Crippen LogP contribution in [0.25, 0.3) is 11.3 Å². The molecule has 0 amide bonds. The number of halogens is 3. The Morgan fingerprint density at radius 1 is 1.32 bits per heavy atom. The number of aliphatic carboxylic acids is 1. The van der Waals surface area contributed by atoms with Crippen molar-refractivity contribution >= 4 is 5.97 Å². The second-order valence-corrected chi connectivity index (χ2v) is 6.37. The molecule has 1 aromatic heterocycles. The molecule has 8 heteroatoms. The summed E-state index contributed by atoms with van der Waals surface area (Å²) in [6, 6.07) is 6.05. The van der Waals surface area contributed by atoms with Crippen molar-refractivity contribution in [2.24, 2.45) is 5.92 Å². The average Bonchev–Trinajstić information content (AvgIpc) is 2.65. The predicted octanol–water partition coefficient (Wildman–Crippen LogP) is 4.62. The molecule has 0 saturated carbocycles. The first-order valence-electron chi connectivity index (χ1n) is 8.55. The second-order valence-electron chi connectivity index (χ2n) is 6.37. The van der Waals surface area contributed by atoms with Crippen molar-refractivity contribution in [1.29, 1.82) is 0 Å². The molecule has 0 fully saturated rings. The lowest BCUT2D eigenvalue weighted by Gasteiger charge is -2.28. The van der Waals surface area contributed by atoms with Crippen LogP contribution < -0.4 is 4.74 Å². The Kier molecular flexibility index (Phi) is 5.77. The Morgan fingerprint density at radius 2 is 2.11 bits per heavy atom. The van der Waals surface area contributed by atoms with E-state index in [1.165, 1.54) is 30.6 Å². The number of carboxylic acids is 1. The molecule has 0 radical (unpaired) electrons. The molecule has 3 rings (SSSR count). The van der Waals surface area contributed by atoms with Crippen molar-refractivity contribution in [1.82, 2.24) is 9.97 Å². The molecule has 0 saturated heterocycles. The van der Waals surface area contributed by atoms with Crippen LogP contribution >= 0.6 is 0 Å². The van der Waals surface area contributed by atoms with Crippen LogP contribution in [0.15, 0.2) is 60.6 Å². The van der Waals surface area contributed by atoms with Gasteiger partial charge in [0.05, 0.1) is 24.3 Å². The molecule has 1 unspecified atom stereocenters. The molecule has 1 atom stereocenters. The molecule has 0 spiro atoms. The number of ether oxygens (including phenoxy) is 1. The summed E-state index contributed by atoms with van der Waals surface area (Å²) in [4.78, 5) is 18.7. The van der Waals surface area contributed by atoms with Crippen molar-refractivity contribution in [2.45, 2.75) is 25.2 Å². The molecule has 146 valence electrons. The maximum atomic E-state index is 14.2. The number of alkyl halides is 2. The van der Waals surface area contributed by atoms with Crippen molar-refractivity contribution in [3.05, 3.63) is 66.5 Å². The molecular weight excluding hydrogens is 373 g/mol. The molecular formula is C20H17F3N2O3. The fourth-order valence-corrected chi connectivity index (χ4v) is 2.85. The van der Waals surface area contributed by atoms with Gasteiger partial charge in [0.25, 0.3) is 5.92 Å². The number of hydrogen-bond donors (Lipinski definition) is 1. The minimum Gasteiger partial charge on any atom is -0.481 e. The number of benzene rings is 1. The number of aromatic nitrogens is 2. The third kappa shape index (κ3) is 4.76. The summed E-state index contributed by atoms with van der Waals surface area (Å²) in [5.74, 6) is -5.74. The van der Waals surface area contributed by atoms with E-state index in [-0.39, 0.29) is 35.6 Å². The van der Waals surface area contributed by atoms with E-state index >= 15 is 0 Å². The van der Waals surface area contributed by atoms with E-state index in [0.29, 0.717) is 0 Å². The fraction of sp³-hybridized carbons (Fsp3) is 0.250. The molecule has 1 heterocycles. The Morgan fingerprint density at radius 3 is 2.82 bits per heavy atom. The van der Waals surface area contributed by atoms with Gasteiger partial charge in [0.1, 0.15) is 5.82 Å². The maximum Gasteiger partial charge on any atom is 0.303 e. The number of carbonyl (C=O) groups is 1. The van der Waals surface area contributed by atoms with Gasteiger partial charge in [0.2, 0.25) is 5.88 Å². The molecule has 0 aliphatic heterocycles. The van der Waals surface area contributed by atoms with Crippen LogP contribution in [-0.2, 0) is 4.79 Å². The normalized spacial score (nSPS) is 19.5. The largest absolute Gasteiger partial charge is 0.481 e. The minimum atomic E-state index is -3.07. The van der Waals surface area contributed by atoms with Crippen molar-refractivity contribution in [3.8, 4) is 17.1 Å². The van der Waals surface area contributed by atoms with E-state index in [1.54, 1.807) is 18.2 Å². The van der Waals surface area contributed by atoms with Crippen LogP contribution in [0.5, 0.6) is 5.88 Å². The van der Waals surface area contributed by atoms with Crippen LogP contribution in [0.2, 0.25) is 0 Å². The van der Waals surface area contributed by atoms with Crippen LogP contribution in [0.3, 0.4) is 0 Å². The van der Waals surface area contributed by atoms with Gasteiger partial charge in [-0.25, -0.2) is 18.2 Å². The topological polar surface area (TPSA) is 72.3 Å². The highest BCUT2D eigenvalue weighted by atomic mass is 19.3. The molecule has 2 aromatic rings. The van der Waals surface area contributed by atoms with E-state index in [9.17, 15) is 18.0 Å². The zero-order valence-electron chi connectivity index (χ0n) is 14.7. The van der Waals surface area contributed by atoms with E-state index in [1.807, 2.05) is 0 Å². The van der Waals surface area contributed by atoms with Crippen LogP contribution in [-0.4, -0.2) is 27.0 Å². The van der Waals surface area contributed by atoms with Gasteiger partial charge in [-0.3, -0.25) is 9.78 Å². The monoisotopic (exact) mass is 390 g/mol. The quantitative estimate of drug-likeness (QED) is 0.729. The summed E-state index contributed by atoms with van der Waals surface area (Å²) in [6.07, 6.45) is 5.56. The van der Waals surface area contributed by atoms with E-state index in [4.69, 9.17) is 9.84 Å². The third-order valence-electron chi connectivity index (χ3n) is 4.29. The first kappa shape index (κ1) is 19.6. The lowest BCUT2D eigenvalue weighted by molar-refractivity contribution is -0.137. The first-order valence-corrected chi connectivity index (χ1v) is 8.55. The van der Waals surface area contributed by atoms with Crippen LogP contribution in [0.1, 0.15) is 19.3 Å². The molecule has 0 bridgehead atoms. The molecule has 1 aromatic carbocycles. The number of nitrogens with zero attached hydrogens (tertiary/aromatic N) is 2. The number of hydrogen-bond acceptors (Lipinski definition) is 4. The molecule has 1 N–H and O–H groups in total. The van der Waals surface area contributed by atoms with E-state index in [0.717, 1.165) is 6.26 Å². The highest BCUT2D eigenvalue weighted by Gasteiger charge is 2.40. The lowest BCUT2D eigenvalue weighted by atomic mass is 9.86. The summed E-state index contributed by atoms with van der Waals surface area (Å²) in [6.45, 7) is 0. The highest BCUT2D eigenvalue weighted by molar-refractivity contribution is 5.66. The first-order chi connectivity index (χ1) is 13.3. The zero-order chi connectivity index (χ0) is 20.1. The van der Waals surface area contributed by atoms with E-state index < -0.39 is 30.0 Å². The van der Waals surface area contributed by atoms with Gasteiger partial charge in [0.15, 0.2) is 0 Å². The standard InChI is InChI=1S/C20H17F3N2O3/c21-16-4-2-1-3-15(16)17-10-24-11-18(25-17)28-12-13-5-6-14(7-8-19(26)27)20(22,23)9-13/h1-6,10-12,14H,7-9H2,(H,26,27). The molecule has 28 heavy (non-hydrogen) atoms. The number of carboxylic acid groups (broad SMARTS) is 1. The lowest BCUT2D eigenvalue weighted by Crippen LogP contribution is -2.30. The van der Waals surface area contributed by atoms with Crippen molar-refractivity contribution in [2.75, 3.05) is 0 Å². The molecule has 1 aliphatic carbocycles. The molecule has 1 aliphatic rings. The average molecular weight is 390 g/mol. The summed E-state index contributed by atoms with van der Waals surface area (Å²) >= 11 is 0. The second kappa shape index (κ2) is 8.24. The highest BCUT2D eigenvalue weighted by Crippen LogP contribution is 2.39. The Bertz CT molecular complexity index is 928.